The fraction of sp³-hybridized carbons (Fsp3) is 0.870. The van der Waals surface area contributed by atoms with Gasteiger partial charge in [0.25, 0.3) is 0 Å². The summed E-state index contributed by atoms with van der Waals surface area (Å²) in [6.45, 7) is 10.7. The van der Waals surface area contributed by atoms with Gasteiger partial charge < -0.3 is 5.11 Å². The lowest BCUT2D eigenvalue weighted by Gasteiger charge is -2.61. The van der Waals surface area contributed by atoms with Gasteiger partial charge in [-0.05, 0) is 99.2 Å². The zero-order valence-corrected chi connectivity index (χ0v) is 16.4. The molecule has 4 rings (SSSR count). The van der Waals surface area contributed by atoms with Gasteiger partial charge >= 0.3 is 0 Å². The maximum absolute atomic E-state index is 12.2. The molecule has 140 valence electrons. The van der Waals surface area contributed by atoms with E-state index in [-0.39, 0.29) is 5.41 Å². The molecule has 8 atom stereocenters. The molecule has 0 bridgehead atoms. The molecule has 2 nitrogen and oxygen atoms in total. The molecule has 0 saturated heterocycles. The summed E-state index contributed by atoms with van der Waals surface area (Å²) in [5, 5.41) is 10.8. The molecule has 0 aromatic heterocycles. The van der Waals surface area contributed by atoms with E-state index in [1.165, 1.54) is 32.1 Å². The van der Waals surface area contributed by atoms with Crippen LogP contribution < -0.4 is 0 Å². The van der Waals surface area contributed by atoms with Gasteiger partial charge in [0.05, 0.1) is 5.60 Å². The van der Waals surface area contributed by atoms with Crippen molar-refractivity contribution in [3.63, 3.8) is 0 Å². The van der Waals surface area contributed by atoms with Crippen LogP contribution in [0, 0.1) is 40.4 Å². The van der Waals surface area contributed by atoms with Crippen LogP contribution in [-0.4, -0.2) is 16.5 Å². The Morgan fingerprint density at radius 1 is 1.00 bits per heavy atom. The predicted octanol–water partition coefficient (Wildman–Crippen LogP) is 5.15. The predicted molar refractivity (Wildman–Crippen MR) is 101 cm³/mol. The summed E-state index contributed by atoms with van der Waals surface area (Å²) in [5.41, 5.74) is 0.00773. The summed E-state index contributed by atoms with van der Waals surface area (Å²) in [6, 6.07) is 0. The second kappa shape index (κ2) is 5.68. The largest absolute Gasteiger partial charge is 0.386 e. The Morgan fingerprint density at radius 2 is 1.72 bits per heavy atom. The molecule has 2 heteroatoms. The van der Waals surface area contributed by atoms with Gasteiger partial charge in [-0.1, -0.05) is 19.9 Å². The lowest BCUT2D eigenvalue weighted by molar-refractivity contribution is -0.145. The molecule has 0 amide bonds. The maximum Gasteiger partial charge on any atom is 0.133 e. The molecule has 1 N–H and O–H groups in total. The lowest BCUT2D eigenvalue weighted by Crippen LogP contribution is -2.55. The van der Waals surface area contributed by atoms with Crippen LogP contribution in [0.5, 0.6) is 0 Å². The summed E-state index contributed by atoms with van der Waals surface area (Å²) in [6.07, 6.45) is 12.2. The third-order valence-electron chi connectivity index (χ3n) is 9.63. The number of ketones is 1. The normalized spacial score (nSPS) is 55.0. The molecule has 0 aliphatic heterocycles. The van der Waals surface area contributed by atoms with E-state index in [1.807, 2.05) is 6.92 Å². The number of hydrogen-bond acceptors (Lipinski definition) is 2. The van der Waals surface area contributed by atoms with E-state index in [4.69, 9.17) is 0 Å². The molecule has 0 radical (unpaired) electrons. The van der Waals surface area contributed by atoms with Crippen molar-refractivity contribution in [3.05, 3.63) is 12.7 Å². The van der Waals surface area contributed by atoms with E-state index in [1.54, 1.807) is 6.08 Å². The van der Waals surface area contributed by atoms with Crippen LogP contribution in [0.15, 0.2) is 12.7 Å². The first-order chi connectivity index (χ1) is 11.7. The number of hydrogen-bond donors (Lipinski definition) is 1. The Kier molecular flexibility index (Phi) is 4.04. The van der Waals surface area contributed by atoms with Gasteiger partial charge in [-0.15, -0.1) is 6.58 Å². The SMILES string of the molecule is C=CC1(O)CC[C@@]2(C)C(CC[C@H]3[C@@H]4CC[C@H](C(C)=O)[C@@]4(C)CC[C@@H]32)C1. The highest BCUT2D eigenvalue weighted by Gasteiger charge is 2.61. The number of rotatable bonds is 2. The summed E-state index contributed by atoms with van der Waals surface area (Å²) in [5.74, 6) is 3.72. The second-order valence-electron chi connectivity index (χ2n) is 10.5. The zero-order chi connectivity index (χ0) is 18.0. The van der Waals surface area contributed by atoms with Crippen molar-refractivity contribution in [1.82, 2.24) is 0 Å². The monoisotopic (exact) mass is 344 g/mol. The first-order valence-corrected chi connectivity index (χ1v) is 10.6. The minimum atomic E-state index is -0.632. The standard InChI is InChI=1S/C23H36O2/c1-5-23(25)13-12-21(3)16(14-23)6-7-17-19-9-8-18(15(2)24)22(19,4)11-10-20(17)21/h5,16-20,25H,1,6-14H2,2-4H3/t16?,17-,18+,19-,20-,21-,22+,23?/m0/s1. The molecule has 4 saturated carbocycles. The highest BCUT2D eigenvalue weighted by atomic mass is 16.3. The Hall–Kier alpha value is -0.630. The number of aliphatic hydroxyl groups is 1. The molecular formula is C23H36O2. The van der Waals surface area contributed by atoms with Crippen LogP contribution in [0.3, 0.4) is 0 Å². The smallest absolute Gasteiger partial charge is 0.133 e. The van der Waals surface area contributed by atoms with E-state index in [2.05, 4.69) is 20.4 Å². The highest BCUT2D eigenvalue weighted by molar-refractivity contribution is 5.79. The van der Waals surface area contributed by atoms with Crippen LogP contribution in [0.1, 0.15) is 78.6 Å². The van der Waals surface area contributed by atoms with Crippen LogP contribution in [0.25, 0.3) is 0 Å². The van der Waals surface area contributed by atoms with Crippen LogP contribution >= 0.6 is 0 Å². The molecule has 0 aromatic carbocycles. The Bertz CT molecular complexity index is 583. The van der Waals surface area contributed by atoms with Crippen molar-refractivity contribution in [2.75, 3.05) is 0 Å². The topological polar surface area (TPSA) is 37.3 Å². The summed E-state index contributed by atoms with van der Waals surface area (Å²) in [7, 11) is 0. The van der Waals surface area contributed by atoms with Gasteiger partial charge in [-0.3, -0.25) is 4.79 Å². The third kappa shape index (κ3) is 2.42. The molecule has 4 fully saturated rings. The van der Waals surface area contributed by atoms with E-state index < -0.39 is 5.60 Å². The summed E-state index contributed by atoms with van der Waals surface area (Å²) in [4.78, 5) is 12.2. The highest BCUT2D eigenvalue weighted by Crippen LogP contribution is 2.68. The number of Topliss-reactive ketones (excluding diaryl/α,β-unsaturated/α-hetero) is 1. The van der Waals surface area contributed by atoms with Gasteiger partial charge in [-0.25, -0.2) is 0 Å². The van der Waals surface area contributed by atoms with Crippen molar-refractivity contribution in [3.8, 4) is 0 Å². The van der Waals surface area contributed by atoms with E-state index in [9.17, 15) is 9.90 Å². The van der Waals surface area contributed by atoms with Gasteiger partial charge in [0.2, 0.25) is 0 Å². The van der Waals surface area contributed by atoms with Crippen LogP contribution in [0.2, 0.25) is 0 Å². The van der Waals surface area contributed by atoms with E-state index >= 15 is 0 Å². The zero-order valence-electron chi connectivity index (χ0n) is 16.4. The van der Waals surface area contributed by atoms with Gasteiger partial charge in [0, 0.05) is 5.92 Å². The average molecular weight is 345 g/mol. The number of carbonyl (C=O) groups is 1. The number of fused-ring (bicyclic) bond motifs is 5. The van der Waals surface area contributed by atoms with Gasteiger partial charge in [0.1, 0.15) is 5.78 Å². The average Bonchev–Trinajstić information content (AvgIpc) is 2.93. The molecule has 25 heavy (non-hydrogen) atoms. The fourth-order valence-electron chi connectivity index (χ4n) is 8.13. The van der Waals surface area contributed by atoms with Crippen molar-refractivity contribution in [2.24, 2.45) is 40.4 Å². The Balaban J connectivity index is 1.60. The van der Waals surface area contributed by atoms with Gasteiger partial charge in [-0.2, -0.15) is 0 Å². The molecule has 4 aliphatic rings. The second-order valence-corrected chi connectivity index (χ2v) is 10.5. The first-order valence-electron chi connectivity index (χ1n) is 10.6. The maximum atomic E-state index is 12.2. The number of carbonyl (C=O) groups excluding carboxylic acids is 1. The van der Waals surface area contributed by atoms with Gasteiger partial charge in [0.15, 0.2) is 0 Å². The minimum absolute atomic E-state index is 0.257. The van der Waals surface area contributed by atoms with E-state index in [0.29, 0.717) is 23.0 Å². The molecule has 0 aromatic rings. The van der Waals surface area contributed by atoms with Crippen molar-refractivity contribution in [1.29, 1.82) is 0 Å². The Labute approximate surface area is 153 Å². The Morgan fingerprint density at radius 3 is 2.40 bits per heavy atom. The van der Waals surface area contributed by atoms with Crippen molar-refractivity contribution < 1.29 is 9.90 Å². The summed E-state index contributed by atoms with van der Waals surface area (Å²) < 4.78 is 0. The van der Waals surface area contributed by atoms with Crippen molar-refractivity contribution >= 4 is 5.78 Å². The molecule has 2 unspecified atom stereocenters. The van der Waals surface area contributed by atoms with Crippen molar-refractivity contribution in [2.45, 2.75) is 84.2 Å². The third-order valence-corrected chi connectivity index (χ3v) is 9.63. The molecular weight excluding hydrogens is 308 g/mol. The fourth-order valence-corrected chi connectivity index (χ4v) is 8.13. The van der Waals surface area contributed by atoms with Crippen LogP contribution in [0.4, 0.5) is 0 Å². The molecule has 0 heterocycles. The molecule has 0 spiro atoms. The first kappa shape index (κ1) is 17.8. The summed E-state index contributed by atoms with van der Waals surface area (Å²) >= 11 is 0. The molecule has 4 aliphatic carbocycles. The minimum Gasteiger partial charge on any atom is -0.386 e. The lowest BCUT2D eigenvalue weighted by atomic mass is 9.44. The van der Waals surface area contributed by atoms with Crippen LogP contribution in [-0.2, 0) is 4.79 Å². The quantitative estimate of drug-likeness (QED) is 0.703. The van der Waals surface area contributed by atoms with E-state index in [0.717, 1.165) is 43.4 Å².